The average Bonchev–Trinajstić information content (AvgIpc) is 2.70. The summed E-state index contributed by atoms with van der Waals surface area (Å²) in [5, 5.41) is 0.675. The number of allylic oxidation sites excluding steroid dienone is 1. The molecule has 1 aliphatic carbocycles. The van der Waals surface area contributed by atoms with Crippen LogP contribution in [-0.2, 0) is 6.42 Å². The van der Waals surface area contributed by atoms with E-state index in [-0.39, 0.29) is 5.78 Å². The van der Waals surface area contributed by atoms with E-state index in [9.17, 15) is 4.79 Å². The normalized spacial score (nSPS) is 16.1. The maximum Gasteiger partial charge on any atom is 0.189 e. The van der Waals surface area contributed by atoms with Crippen LogP contribution in [0.25, 0.3) is 6.08 Å². The topological polar surface area (TPSA) is 17.1 Å². The number of ketones is 1. The third-order valence-electron chi connectivity index (χ3n) is 3.17. The maximum atomic E-state index is 12.2. The van der Waals surface area contributed by atoms with E-state index in [0.717, 1.165) is 22.3 Å². The molecule has 0 heterocycles. The summed E-state index contributed by atoms with van der Waals surface area (Å²) in [4.78, 5) is 12.2. The Kier molecular flexibility index (Phi) is 2.77. The number of Topliss-reactive ketones (excluding diaryl/α,β-unsaturated/α-hetero) is 1. The highest BCUT2D eigenvalue weighted by Crippen LogP contribution is 2.28. The predicted molar refractivity (Wildman–Crippen MR) is 73.9 cm³/mol. The molecule has 2 heteroatoms. The SMILES string of the molecule is O=C1/C(=C/c2ccccc2Cl)Cc2ccccc21. The van der Waals surface area contributed by atoms with E-state index in [4.69, 9.17) is 11.6 Å². The lowest BCUT2D eigenvalue weighted by molar-refractivity contribution is 0.104. The second-order valence-corrected chi connectivity index (χ2v) is 4.76. The van der Waals surface area contributed by atoms with Crippen molar-refractivity contribution in [3.8, 4) is 0 Å². The fraction of sp³-hybridized carbons (Fsp3) is 0.0625. The number of halogens is 1. The Morgan fingerprint density at radius 2 is 1.72 bits per heavy atom. The molecule has 0 aliphatic heterocycles. The van der Waals surface area contributed by atoms with Crippen LogP contribution >= 0.6 is 11.6 Å². The zero-order chi connectivity index (χ0) is 12.5. The Morgan fingerprint density at radius 1 is 1.00 bits per heavy atom. The van der Waals surface area contributed by atoms with Crippen LogP contribution in [0.15, 0.2) is 54.1 Å². The van der Waals surface area contributed by atoms with E-state index in [2.05, 4.69) is 0 Å². The van der Waals surface area contributed by atoms with E-state index in [1.165, 1.54) is 0 Å². The van der Waals surface area contributed by atoms with Gasteiger partial charge in [-0.05, 0) is 23.3 Å². The molecule has 3 rings (SSSR count). The van der Waals surface area contributed by atoms with Crippen LogP contribution < -0.4 is 0 Å². The number of fused-ring (bicyclic) bond motifs is 1. The molecule has 0 saturated heterocycles. The number of carbonyl (C=O) groups excluding carboxylic acids is 1. The molecule has 0 bridgehead atoms. The highest BCUT2D eigenvalue weighted by molar-refractivity contribution is 6.32. The second-order valence-electron chi connectivity index (χ2n) is 4.35. The summed E-state index contributed by atoms with van der Waals surface area (Å²) in [7, 11) is 0. The first-order chi connectivity index (χ1) is 8.75. The average molecular weight is 255 g/mol. The van der Waals surface area contributed by atoms with Crippen LogP contribution in [0.1, 0.15) is 21.5 Å². The number of hydrogen-bond acceptors (Lipinski definition) is 1. The van der Waals surface area contributed by atoms with Crippen molar-refractivity contribution in [3.63, 3.8) is 0 Å². The van der Waals surface area contributed by atoms with Gasteiger partial charge in [0.05, 0.1) is 0 Å². The van der Waals surface area contributed by atoms with Gasteiger partial charge in [0.15, 0.2) is 5.78 Å². The molecule has 2 aromatic rings. The van der Waals surface area contributed by atoms with Gasteiger partial charge in [-0.3, -0.25) is 4.79 Å². The van der Waals surface area contributed by atoms with Crippen LogP contribution in [0.3, 0.4) is 0 Å². The van der Waals surface area contributed by atoms with Gasteiger partial charge < -0.3 is 0 Å². The van der Waals surface area contributed by atoms with E-state index in [1.54, 1.807) is 0 Å². The van der Waals surface area contributed by atoms with E-state index < -0.39 is 0 Å². The standard InChI is InChI=1S/C16H11ClO/c17-15-8-4-2-6-12(15)10-13-9-11-5-1-3-7-14(11)16(13)18/h1-8,10H,9H2/b13-10+. The molecule has 0 saturated carbocycles. The number of benzene rings is 2. The van der Waals surface area contributed by atoms with Gasteiger partial charge in [-0.25, -0.2) is 0 Å². The quantitative estimate of drug-likeness (QED) is 0.699. The molecular formula is C16H11ClO. The minimum atomic E-state index is 0.116. The number of rotatable bonds is 1. The van der Waals surface area contributed by atoms with Crippen LogP contribution in [0, 0.1) is 0 Å². The molecule has 0 atom stereocenters. The molecule has 18 heavy (non-hydrogen) atoms. The molecular weight excluding hydrogens is 244 g/mol. The Labute approximate surface area is 111 Å². The first kappa shape index (κ1) is 11.2. The summed E-state index contributed by atoms with van der Waals surface area (Å²) < 4.78 is 0. The van der Waals surface area contributed by atoms with Crippen molar-refractivity contribution in [2.45, 2.75) is 6.42 Å². The van der Waals surface area contributed by atoms with Crippen molar-refractivity contribution in [1.82, 2.24) is 0 Å². The van der Waals surface area contributed by atoms with Crippen molar-refractivity contribution >= 4 is 23.5 Å². The lowest BCUT2D eigenvalue weighted by atomic mass is 10.1. The van der Waals surface area contributed by atoms with Crippen LogP contribution in [0.2, 0.25) is 5.02 Å². The molecule has 0 fully saturated rings. The summed E-state index contributed by atoms with van der Waals surface area (Å²) in [5.74, 6) is 0.116. The van der Waals surface area contributed by atoms with Crippen molar-refractivity contribution in [2.24, 2.45) is 0 Å². The van der Waals surface area contributed by atoms with Crippen molar-refractivity contribution in [1.29, 1.82) is 0 Å². The minimum Gasteiger partial charge on any atom is -0.289 e. The van der Waals surface area contributed by atoms with Gasteiger partial charge in [-0.15, -0.1) is 0 Å². The predicted octanol–water partition coefficient (Wildman–Crippen LogP) is 4.16. The third kappa shape index (κ3) is 1.87. The van der Waals surface area contributed by atoms with E-state index in [0.29, 0.717) is 11.4 Å². The van der Waals surface area contributed by atoms with Crippen LogP contribution in [0.5, 0.6) is 0 Å². The smallest absolute Gasteiger partial charge is 0.189 e. The molecule has 0 N–H and O–H groups in total. The largest absolute Gasteiger partial charge is 0.289 e. The number of hydrogen-bond donors (Lipinski definition) is 0. The van der Waals surface area contributed by atoms with Crippen molar-refractivity contribution in [3.05, 3.63) is 75.8 Å². The molecule has 88 valence electrons. The first-order valence-electron chi connectivity index (χ1n) is 5.83. The van der Waals surface area contributed by atoms with Crippen molar-refractivity contribution in [2.75, 3.05) is 0 Å². The Bertz CT molecular complexity index is 656. The summed E-state index contributed by atoms with van der Waals surface area (Å²) in [6.45, 7) is 0. The molecule has 0 amide bonds. The molecule has 0 spiro atoms. The highest BCUT2D eigenvalue weighted by atomic mass is 35.5. The van der Waals surface area contributed by atoms with Gasteiger partial charge in [0.1, 0.15) is 0 Å². The van der Waals surface area contributed by atoms with Gasteiger partial charge in [-0.1, -0.05) is 54.1 Å². The van der Waals surface area contributed by atoms with Gasteiger partial charge in [0.2, 0.25) is 0 Å². The maximum absolute atomic E-state index is 12.2. The summed E-state index contributed by atoms with van der Waals surface area (Å²) >= 11 is 6.11. The highest BCUT2D eigenvalue weighted by Gasteiger charge is 2.23. The Hall–Kier alpha value is -1.86. The zero-order valence-corrected chi connectivity index (χ0v) is 10.4. The first-order valence-corrected chi connectivity index (χ1v) is 6.21. The third-order valence-corrected chi connectivity index (χ3v) is 3.51. The minimum absolute atomic E-state index is 0.116. The van der Waals surface area contributed by atoms with Crippen LogP contribution in [-0.4, -0.2) is 5.78 Å². The van der Waals surface area contributed by atoms with Crippen molar-refractivity contribution < 1.29 is 4.79 Å². The Balaban J connectivity index is 2.02. The Morgan fingerprint density at radius 3 is 2.50 bits per heavy atom. The summed E-state index contributed by atoms with van der Waals surface area (Å²) in [6.07, 6.45) is 2.59. The molecule has 1 aliphatic rings. The van der Waals surface area contributed by atoms with Gasteiger partial charge in [0, 0.05) is 22.6 Å². The molecule has 2 aromatic carbocycles. The lowest BCUT2D eigenvalue weighted by Crippen LogP contribution is -1.95. The van der Waals surface area contributed by atoms with Crippen LogP contribution in [0.4, 0.5) is 0 Å². The second kappa shape index (κ2) is 4.43. The summed E-state index contributed by atoms with van der Waals surface area (Å²) in [5.41, 5.74) is 3.62. The van der Waals surface area contributed by atoms with Gasteiger partial charge in [0.25, 0.3) is 0 Å². The van der Waals surface area contributed by atoms with Gasteiger partial charge >= 0.3 is 0 Å². The van der Waals surface area contributed by atoms with E-state index in [1.807, 2.05) is 54.6 Å². The molecule has 1 nitrogen and oxygen atoms in total. The van der Waals surface area contributed by atoms with Gasteiger partial charge in [-0.2, -0.15) is 0 Å². The summed E-state index contributed by atoms with van der Waals surface area (Å²) in [6, 6.07) is 15.3. The molecule has 0 unspecified atom stereocenters. The van der Waals surface area contributed by atoms with E-state index >= 15 is 0 Å². The number of carbonyl (C=O) groups is 1. The fourth-order valence-corrected chi connectivity index (χ4v) is 2.44. The molecule has 0 aromatic heterocycles. The fourth-order valence-electron chi connectivity index (χ4n) is 2.25. The zero-order valence-electron chi connectivity index (χ0n) is 9.69. The lowest BCUT2D eigenvalue weighted by Gasteiger charge is -1.99. The molecule has 0 radical (unpaired) electrons. The monoisotopic (exact) mass is 254 g/mol.